The van der Waals surface area contributed by atoms with Crippen LogP contribution in [0, 0.1) is 6.92 Å². The second kappa shape index (κ2) is 6.98. The summed E-state index contributed by atoms with van der Waals surface area (Å²) in [4.78, 5) is 13.5. The van der Waals surface area contributed by atoms with Gasteiger partial charge in [-0.1, -0.05) is 11.2 Å². The Morgan fingerprint density at radius 3 is 3.05 bits per heavy atom. The summed E-state index contributed by atoms with van der Waals surface area (Å²) in [5.41, 5.74) is 1.12. The molecule has 2 aromatic rings. The van der Waals surface area contributed by atoms with Crippen LogP contribution in [0.15, 0.2) is 28.9 Å². The molecule has 0 saturated carbocycles. The lowest BCUT2D eigenvalue weighted by molar-refractivity contribution is 0.104. The minimum Gasteiger partial charge on any atom is -0.340 e. The molecule has 1 atom stereocenters. The fourth-order valence-electron chi connectivity index (χ4n) is 3.02. The van der Waals surface area contributed by atoms with E-state index in [0.29, 0.717) is 11.9 Å². The van der Waals surface area contributed by atoms with Crippen molar-refractivity contribution in [3.8, 4) is 0 Å². The highest BCUT2D eigenvalue weighted by molar-refractivity contribution is 5.03. The van der Waals surface area contributed by atoms with Crippen LogP contribution in [0.25, 0.3) is 0 Å². The summed E-state index contributed by atoms with van der Waals surface area (Å²) in [6.07, 6.45) is 4.29. The van der Waals surface area contributed by atoms with Crippen molar-refractivity contribution in [3.63, 3.8) is 0 Å². The highest BCUT2D eigenvalue weighted by atomic mass is 16.5. The van der Waals surface area contributed by atoms with Gasteiger partial charge < -0.3 is 4.52 Å². The summed E-state index contributed by atoms with van der Waals surface area (Å²) in [5, 5.41) is 4.00. The van der Waals surface area contributed by atoms with E-state index in [1.807, 2.05) is 25.3 Å². The first-order valence-corrected chi connectivity index (χ1v) is 7.82. The van der Waals surface area contributed by atoms with Crippen LogP contribution in [0.4, 0.5) is 0 Å². The molecule has 0 amide bonds. The molecule has 1 saturated heterocycles. The van der Waals surface area contributed by atoms with Gasteiger partial charge in [-0.2, -0.15) is 4.98 Å². The number of hydrogen-bond acceptors (Lipinski definition) is 6. The normalized spacial score (nSPS) is 19.7. The van der Waals surface area contributed by atoms with Crippen LogP contribution in [-0.2, 0) is 13.1 Å². The van der Waals surface area contributed by atoms with Crippen LogP contribution in [0.3, 0.4) is 0 Å². The van der Waals surface area contributed by atoms with Crippen molar-refractivity contribution < 1.29 is 4.52 Å². The minimum absolute atomic E-state index is 0.545. The topological polar surface area (TPSA) is 58.3 Å². The summed E-state index contributed by atoms with van der Waals surface area (Å²) < 4.78 is 5.05. The summed E-state index contributed by atoms with van der Waals surface area (Å²) >= 11 is 0. The maximum absolute atomic E-state index is 5.05. The van der Waals surface area contributed by atoms with Gasteiger partial charge in [0.05, 0.1) is 12.2 Å². The van der Waals surface area contributed by atoms with E-state index < -0.39 is 0 Å². The molecule has 0 aromatic carbocycles. The second-order valence-electron chi connectivity index (χ2n) is 6.00. The van der Waals surface area contributed by atoms with Gasteiger partial charge in [0.15, 0.2) is 5.82 Å². The van der Waals surface area contributed by atoms with Crippen molar-refractivity contribution in [1.29, 1.82) is 0 Å². The molecule has 1 fully saturated rings. The second-order valence-corrected chi connectivity index (χ2v) is 6.00. The van der Waals surface area contributed by atoms with E-state index in [2.05, 4.69) is 38.0 Å². The molecule has 22 heavy (non-hydrogen) atoms. The standard InChI is InChI=1S/C16H23N5O/c1-13-18-16(19-22-13)12-21-9-5-7-15(11-21)20(2)10-14-6-3-4-8-17-14/h3-4,6,8,15H,5,7,9-12H2,1-2H3. The molecule has 0 spiro atoms. The molecule has 3 rings (SSSR count). The molecule has 0 aliphatic carbocycles. The molecule has 1 aliphatic heterocycles. The molecular formula is C16H23N5O. The molecule has 0 bridgehead atoms. The Bertz CT molecular complexity index is 585. The molecular weight excluding hydrogens is 278 g/mol. The maximum Gasteiger partial charge on any atom is 0.223 e. The number of likely N-dealkylation sites (N-methyl/N-ethyl adjacent to an activating group) is 1. The summed E-state index contributed by atoms with van der Waals surface area (Å²) in [7, 11) is 2.18. The fourth-order valence-corrected chi connectivity index (χ4v) is 3.02. The third-order valence-corrected chi connectivity index (χ3v) is 4.18. The third-order valence-electron chi connectivity index (χ3n) is 4.18. The molecule has 6 nitrogen and oxygen atoms in total. The average molecular weight is 301 g/mol. The van der Waals surface area contributed by atoms with Gasteiger partial charge in [-0.3, -0.25) is 14.8 Å². The van der Waals surface area contributed by atoms with Crippen molar-refractivity contribution in [1.82, 2.24) is 24.9 Å². The summed E-state index contributed by atoms with van der Waals surface area (Å²) in [6, 6.07) is 6.63. The number of aromatic nitrogens is 3. The van der Waals surface area contributed by atoms with Gasteiger partial charge in [0, 0.05) is 32.3 Å². The number of pyridine rings is 1. The Balaban J connectivity index is 1.55. The first kappa shape index (κ1) is 15.1. The first-order chi connectivity index (χ1) is 10.7. The smallest absolute Gasteiger partial charge is 0.223 e. The number of likely N-dealkylation sites (tertiary alicyclic amines) is 1. The van der Waals surface area contributed by atoms with Gasteiger partial charge >= 0.3 is 0 Å². The quantitative estimate of drug-likeness (QED) is 0.840. The van der Waals surface area contributed by atoms with E-state index in [1.165, 1.54) is 12.8 Å². The Labute approximate surface area is 131 Å². The molecule has 2 aromatic heterocycles. The third kappa shape index (κ3) is 3.90. The Kier molecular flexibility index (Phi) is 4.80. The Morgan fingerprint density at radius 1 is 1.41 bits per heavy atom. The van der Waals surface area contributed by atoms with Gasteiger partial charge in [0.25, 0.3) is 0 Å². The molecule has 6 heteroatoms. The number of nitrogens with zero attached hydrogens (tertiary/aromatic N) is 5. The molecule has 118 valence electrons. The van der Waals surface area contributed by atoms with Crippen molar-refractivity contribution in [2.45, 2.75) is 38.9 Å². The minimum atomic E-state index is 0.545. The molecule has 0 N–H and O–H groups in total. The van der Waals surface area contributed by atoms with Gasteiger partial charge in [-0.05, 0) is 38.6 Å². The van der Waals surface area contributed by atoms with Crippen LogP contribution >= 0.6 is 0 Å². The summed E-state index contributed by atoms with van der Waals surface area (Å²) in [6.45, 7) is 5.63. The van der Waals surface area contributed by atoms with Crippen molar-refractivity contribution in [2.24, 2.45) is 0 Å². The zero-order chi connectivity index (χ0) is 15.4. The van der Waals surface area contributed by atoms with E-state index in [-0.39, 0.29) is 0 Å². The van der Waals surface area contributed by atoms with Crippen molar-refractivity contribution in [2.75, 3.05) is 20.1 Å². The van der Waals surface area contributed by atoms with E-state index in [1.54, 1.807) is 0 Å². The molecule has 0 radical (unpaired) electrons. The number of aryl methyl sites for hydroxylation is 1. The van der Waals surface area contributed by atoms with E-state index in [0.717, 1.165) is 37.7 Å². The highest BCUT2D eigenvalue weighted by Crippen LogP contribution is 2.17. The predicted octanol–water partition coefficient (Wildman–Crippen LogP) is 1.87. The van der Waals surface area contributed by atoms with Crippen molar-refractivity contribution in [3.05, 3.63) is 41.8 Å². The zero-order valence-electron chi connectivity index (χ0n) is 13.3. The number of rotatable bonds is 5. The number of hydrogen-bond donors (Lipinski definition) is 0. The highest BCUT2D eigenvalue weighted by Gasteiger charge is 2.24. The van der Waals surface area contributed by atoms with Gasteiger partial charge in [-0.25, -0.2) is 0 Å². The number of piperidine rings is 1. The summed E-state index contributed by atoms with van der Waals surface area (Å²) in [5.74, 6) is 1.42. The first-order valence-electron chi connectivity index (χ1n) is 7.82. The monoisotopic (exact) mass is 301 g/mol. The lowest BCUT2D eigenvalue weighted by atomic mass is 10.0. The van der Waals surface area contributed by atoms with Gasteiger partial charge in [-0.15, -0.1) is 0 Å². The van der Waals surface area contributed by atoms with E-state index in [4.69, 9.17) is 4.52 Å². The van der Waals surface area contributed by atoms with Crippen LogP contribution in [0.5, 0.6) is 0 Å². The Morgan fingerprint density at radius 2 is 2.32 bits per heavy atom. The average Bonchev–Trinajstić information content (AvgIpc) is 2.93. The largest absolute Gasteiger partial charge is 0.340 e. The van der Waals surface area contributed by atoms with Crippen LogP contribution in [0.2, 0.25) is 0 Å². The van der Waals surface area contributed by atoms with E-state index in [9.17, 15) is 0 Å². The van der Waals surface area contributed by atoms with Gasteiger partial charge in [0.2, 0.25) is 5.89 Å². The zero-order valence-corrected chi connectivity index (χ0v) is 13.3. The van der Waals surface area contributed by atoms with E-state index >= 15 is 0 Å². The maximum atomic E-state index is 5.05. The van der Waals surface area contributed by atoms with Crippen LogP contribution in [0.1, 0.15) is 30.3 Å². The fraction of sp³-hybridized carbons (Fsp3) is 0.562. The van der Waals surface area contributed by atoms with Crippen molar-refractivity contribution >= 4 is 0 Å². The molecule has 1 unspecified atom stereocenters. The van der Waals surface area contributed by atoms with Gasteiger partial charge in [0.1, 0.15) is 0 Å². The Hall–Kier alpha value is -1.79. The van der Waals surface area contributed by atoms with Crippen LogP contribution < -0.4 is 0 Å². The SMILES string of the molecule is Cc1nc(CN2CCCC(N(C)Cc3ccccn3)C2)no1. The lowest BCUT2D eigenvalue weighted by Gasteiger charge is -2.37. The molecule has 1 aliphatic rings. The lowest BCUT2D eigenvalue weighted by Crippen LogP contribution is -2.46. The predicted molar refractivity (Wildman–Crippen MR) is 83.0 cm³/mol. The van der Waals surface area contributed by atoms with Crippen LogP contribution in [-0.4, -0.2) is 51.1 Å². The molecule has 3 heterocycles.